The van der Waals surface area contributed by atoms with E-state index in [0.717, 1.165) is 12.1 Å². The van der Waals surface area contributed by atoms with Gasteiger partial charge in [-0.15, -0.1) is 0 Å². The zero-order chi connectivity index (χ0) is 18.1. The number of hydrogen-bond donors (Lipinski definition) is 1. The molecule has 0 unspecified atom stereocenters. The zero-order valence-electron chi connectivity index (χ0n) is 14.2. The van der Waals surface area contributed by atoms with Gasteiger partial charge in [0.2, 0.25) is 5.78 Å². The van der Waals surface area contributed by atoms with Crippen molar-refractivity contribution < 1.29 is 14.3 Å². The standard InChI is InChI=1S/C18H21BrN2O3/c1-5-14-6-7-15(21(14)20)16(22)11-8-12(10-13(19)9-11)17(23)24-18(2,3)4/h6-10H,5,20H2,1-4H3. The summed E-state index contributed by atoms with van der Waals surface area (Å²) in [6, 6.07) is 8.33. The number of aromatic nitrogens is 1. The van der Waals surface area contributed by atoms with Gasteiger partial charge < -0.3 is 10.6 Å². The Labute approximate surface area is 149 Å². The van der Waals surface area contributed by atoms with E-state index in [2.05, 4.69) is 15.9 Å². The topological polar surface area (TPSA) is 74.3 Å². The fourth-order valence-corrected chi connectivity index (χ4v) is 2.78. The lowest BCUT2D eigenvalue weighted by Gasteiger charge is -2.19. The lowest BCUT2D eigenvalue weighted by Crippen LogP contribution is -2.24. The van der Waals surface area contributed by atoms with Gasteiger partial charge in [0.05, 0.1) is 5.56 Å². The molecular weight excluding hydrogens is 372 g/mol. The van der Waals surface area contributed by atoms with E-state index < -0.39 is 11.6 Å². The molecule has 0 saturated carbocycles. The first kappa shape index (κ1) is 18.3. The third-order valence-electron chi connectivity index (χ3n) is 3.39. The van der Waals surface area contributed by atoms with Crippen molar-refractivity contribution in [3.63, 3.8) is 0 Å². The van der Waals surface area contributed by atoms with Crippen molar-refractivity contribution >= 4 is 27.7 Å². The Morgan fingerprint density at radius 3 is 2.33 bits per heavy atom. The summed E-state index contributed by atoms with van der Waals surface area (Å²) in [5, 5.41) is 0. The Bertz CT molecular complexity index is 788. The molecule has 1 aromatic carbocycles. The van der Waals surface area contributed by atoms with Gasteiger partial charge >= 0.3 is 5.97 Å². The van der Waals surface area contributed by atoms with Gasteiger partial charge in [0.1, 0.15) is 11.3 Å². The number of nitrogens with two attached hydrogens (primary N) is 1. The molecule has 24 heavy (non-hydrogen) atoms. The summed E-state index contributed by atoms with van der Waals surface area (Å²) < 4.78 is 7.37. The van der Waals surface area contributed by atoms with Gasteiger partial charge in [-0.3, -0.25) is 9.47 Å². The van der Waals surface area contributed by atoms with Crippen LogP contribution in [0.5, 0.6) is 0 Å². The number of ketones is 1. The van der Waals surface area contributed by atoms with Crippen LogP contribution in [0.4, 0.5) is 0 Å². The first-order valence-corrected chi connectivity index (χ1v) is 8.46. The highest BCUT2D eigenvalue weighted by Crippen LogP contribution is 2.21. The van der Waals surface area contributed by atoms with E-state index in [9.17, 15) is 9.59 Å². The zero-order valence-corrected chi connectivity index (χ0v) is 15.8. The Balaban J connectivity index is 2.39. The SMILES string of the molecule is CCc1ccc(C(=O)c2cc(Br)cc(C(=O)OC(C)(C)C)c2)n1N. The van der Waals surface area contributed by atoms with Crippen molar-refractivity contribution in [1.82, 2.24) is 4.68 Å². The van der Waals surface area contributed by atoms with E-state index >= 15 is 0 Å². The number of rotatable bonds is 4. The van der Waals surface area contributed by atoms with Gasteiger partial charge in [-0.2, -0.15) is 0 Å². The molecular formula is C18H21BrN2O3. The quantitative estimate of drug-likeness (QED) is 0.488. The molecule has 0 aliphatic rings. The maximum atomic E-state index is 12.7. The molecule has 1 heterocycles. The van der Waals surface area contributed by atoms with E-state index in [1.165, 1.54) is 10.7 Å². The molecule has 0 saturated heterocycles. The number of carbonyl (C=O) groups excluding carboxylic acids is 2. The number of nitrogen functional groups attached to an aromatic ring is 1. The third kappa shape index (κ3) is 4.06. The fraction of sp³-hybridized carbons (Fsp3) is 0.333. The summed E-state index contributed by atoms with van der Waals surface area (Å²) >= 11 is 3.34. The predicted octanol–water partition coefficient (Wildman–Crippen LogP) is 3.71. The van der Waals surface area contributed by atoms with Gasteiger partial charge in [-0.25, -0.2) is 4.79 Å². The lowest BCUT2D eigenvalue weighted by molar-refractivity contribution is 0.00694. The second kappa shape index (κ2) is 6.81. The molecule has 0 aliphatic carbocycles. The molecule has 0 radical (unpaired) electrons. The maximum Gasteiger partial charge on any atom is 0.338 e. The Kier molecular flexibility index (Phi) is 5.18. The molecule has 1 aromatic heterocycles. The number of aryl methyl sites for hydroxylation is 1. The van der Waals surface area contributed by atoms with Crippen LogP contribution in [0.3, 0.4) is 0 Å². The van der Waals surface area contributed by atoms with Gasteiger partial charge in [0, 0.05) is 15.7 Å². The molecule has 0 amide bonds. The lowest BCUT2D eigenvalue weighted by atomic mass is 10.0. The first-order valence-electron chi connectivity index (χ1n) is 7.66. The number of hydrogen-bond acceptors (Lipinski definition) is 4. The average molecular weight is 393 g/mol. The number of carbonyl (C=O) groups is 2. The fourth-order valence-electron chi connectivity index (χ4n) is 2.29. The summed E-state index contributed by atoms with van der Waals surface area (Å²) in [5.41, 5.74) is 1.32. The minimum Gasteiger partial charge on any atom is -0.456 e. The van der Waals surface area contributed by atoms with Gasteiger partial charge in [0.25, 0.3) is 0 Å². The van der Waals surface area contributed by atoms with Crippen molar-refractivity contribution in [2.45, 2.75) is 39.7 Å². The van der Waals surface area contributed by atoms with Gasteiger partial charge in [0.15, 0.2) is 0 Å². The molecule has 6 heteroatoms. The highest BCUT2D eigenvalue weighted by Gasteiger charge is 2.21. The summed E-state index contributed by atoms with van der Waals surface area (Å²) in [5.74, 6) is 5.24. The summed E-state index contributed by atoms with van der Waals surface area (Å²) in [6.45, 7) is 7.35. The van der Waals surface area contributed by atoms with Crippen LogP contribution in [-0.4, -0.2) is 22.0 Å². The molecule has 2 N–H and O–H groups in total. The Hall–Kier alpha value is -2.08. The Morgan fingerprint density at radius 2 is 1.79 bits per heavy atom. The van der Waals surface area contributed by atoms with Crippen LogP contribution in [0.1, 0.15) is 59.8 Å². The molecule has 2 rings (SSSR count). The highest BCUT2D eigenvalue weighted by atomic mass is 79.9. The first-order chi connectivity index (χ1) is 11.1. The normalized spacial score (nSPS) is 11.4. The molecule has 128 valence electrons. The van der Waals surface area contributed by atoms with Crippen molar-refractivity contribution in [2.24, 2.45) is 0 Å². The molecule has 0 aliphatic heterocycles. The van der Waals surface area contributed by atoms with Crippen LogP contribution in [-0.2, 0) is 11.2 Å². The smallest absolute Gasteiger partial charge is 0.338 e. The van der Waals surface area contributed by atoms with E-state index in [0.29, 0.717) is 21.3 Å². The van der Waals surface area contributed by atoms with Crippen LogP contribution < -0.4 is 5.84 Å². The number of nitrogens with zero attached hydrogens (tertiary/aromatic N) is 1. The maximum absolute atomic E-state index is 12.7. The number of halogens is 1. The van der Waals surface area contributed by atoms with Gasteiger partial charge in [-0.05, 0) is 57.5 Å². The van der Waals surface area contributed by atoms with E-state index in [1.807, 2.05) is 13.0 Å². The van der Waals surface area contributed by atoms with Crippen LogP contribution >= 0.6 is 15.9 Å². The van der Waals surface area contributed by atoms with Crippen LogP contribution in [0.25, 0.3) is 0 Å². The second-order valence-corrected chi connectivity index (χ2v) is 7.41. The average Bonchev–Trinajstić information content (AvgIpc) is 2.85. The van der Waals surface area contributed by atoms with E-state index in [1.54, 1.807) is 39.0 Å². The van der Waals surface area contributed by atoms with Crippen molar-refractivity contribution in [1.29, 1.82) is 0 Å². The Morgan fingerprint density at radius 1 is 1.17 bits per heavy atom. The predicted molar refractivity (Wildman–Crippen MR) is 96.7 cm³/mol. The van der Waals surface area contributed by atoms with Crippen LogP contribution in [0.2, 0.25) is 0 Å². The summed E-state index contributed by atoms with van der Waals surface area (Å²) in [7, 11) is 0. The minimum atomic E-state index is -0.606. The van der Waals surface area contributed by atoms with E-state index in [-0.39, 0.29) is 5.78 Å². The molecule has 0 fully saturated rings. The highest BCUT2D eigenvalue weighted by molar-refractivity contribution is 9.10. The molecule has 5 nitrogen and oxygen atoms in total. The molecule has 0 atom stereocenters. The number of esters is 1. The largest absolute Gasteiger partial charge is 0.456 e. The number of ether oxygens (including phenoxy) is 1. The third-order valence-corrected chi connectivity index (χ3v) is 3.85. The summed E-state index contributed by atoms with van der Waals surface area (Å²) in [4.78, 5) is 25.0. The van der Waals surface area contributed by atoms with Crippen molar-refractivity contribution in [3.8, 4) is 0 Å². The second-order valence-electron chi connectivity index (χ2n) is 6.49. The van der Waals surface area contributed by atoms with Crippen LogP contribution in [0.15, 0.2) is 34.8 Å². The molecule has 0 bridgehead atoms. The van der Waals surface area contributed by atoms with Crippen molar-refractivity contribution in [2.75, 3.05) is 5.84 Å². The van der Waals surface area contributed by atoms with Crippen LogP contribution in [0, 0.1) is 0 Å². The molecule has 2 aromatic rings. The van der Waals surface area contributed by atoms with E-state index in [4.69, 9.17) is 10.6 Å². The number of benzene rings is 1. The van der Waals surface area contributed by atoms with Crippen molar-refractivity contribution in [3.05, 3.63) is 57.3 Å². The monoisotopic (exact) mass is 392 g/mol. The van der Waals surface area contributed by atoms with Gasteiger partial charge in [-0.1, -0.05) is 22.9 Å². The minimum absolute atomic E-state index is 0.247. The molecule has 0 spiro atoms. The summed E-state index contributed by atoms with van der Waals surface area (Å²) in [6.07, 6.45) is 0.728.